The van der Waals surface area contributed by atoms with Crippen LogP contribution >= 0.6 is 0 Å². The van der Waals surface area contributed by atoms with E-state index in [-0.39, 0.29) is 36.0 Å². The number of aliphatic hydroxyl groups excluding tert-OH is 1. The van der Waals surface area contributed by atoms with Gasteiger partial charge in [0, 0.05) is 42.9 Å². The molecule has 1 aromatic carbocycles. The molecule has 0 bridgehead atoms. The summed E-state index contributed by atoms with van der Waals surface area (Å²) in [5.74, 6) is -0.201. The zero-order valence-corrected chi connectivity index (χ0v) is 19.8. The molecule has 3 aromatic rings. The number of anilines is 1. The normalized spacial score (nSPS) is 28.9. The summed E-state index contributed by atoms with van der Waals surface area (Å²) in [6.07, 6.45) is 5.18. The molecule has 1 N–H and O–H groups in total. The average Bonchev–Trinajstić information content (AvgIpc) is 3.52. The minimum atomic E-state index is -0.674. The van der Waals surface area contributed by atoms with Crippen LogP contribution in [0, 0.1) is 23.2 Å². The number of carbonyl (C=O) groups excluding carboxylic acids is 2. The minimum Gasteiger partial charge on any atom is -0.442 e. The van der Waals surface area contributed by atoms with Gasteiger partial charge in [-0.1, -0.05) is 17.3 Å². The molecule has 4 aliphatic rings. The zero-order chi connectivity index (χ0) is 25.3. The number of aliphatic hydroxyl groups is 1. The topological polar surface area (TPSA) is 137 Å². The Kier molecular flexibility index (Phi) is 4.65. The van der Waals surface area contributed by atoms with Gasteiger partial charge in [0.1, 0.15) is 18.1 Å². The van der Waals surface area contributed by atoms with Gasteiger partial charge >= 0.3 is 6.09 Å². The summed E-state index contributed by atoms with van der Waals surface area (Å²) in [7, 11) is 0. The Labute approximate surface area is 211 Å². The molecule has 7 rings (SSSR count). The number of hydrogen-bond acceptors (Lipinski definition) is 8. The van der Waals surface area contributed by atoms with Crippen molar-refractivity contribution in [3.8, 4) is 17.2 Å². The summed E-state index contributed by atoms with van der Waals surface area (Å²) in [6.45, 7) is 0.899. The number of cyclic esters (lactones) is 1. The van der Waals surface area contributed by atoms with Crippen molar-refractivity contribution < 1.29 is 19.4 Å². The average molecular weight is 498 g/mol. The van der Waals surface area contributed by atoms with Gasteiger partial charge in [-0.3, -0.25) is 14.7 Å². The van der Waals surface area contributed by atoms with Crippen LogP contribution < -0.4 is 4.90 Å². The van der Waals surface area contributed by atoms with Crippen molar-refractivity contribution in [2.45, 2.75) is 30.5 Å². The summed E-state index contributed by atoms with van der Waals surface area (Å²) in [5, 5.41) is 26.9. The third-order valence-electron chi connectivity index (χ3n) is 8.39. The number of benzene rings is 1. The predicted octanol–water partition coefficient (Wildman–Crippen LogP) is 1.13. The van der Waals surface area contributed by atoms with E-state index in [4.69, 9.17) is 9.84 Å². The molecule has 5 atom stereocenters. The van der Waals surface area contributed by atoms with Gasteiger partial charge in [0.25, 0.3) is 0 Å². The van der Waals surface area contributed by atoms with Crippen molar-refractivity contribution in [2.24, 2.45) is 11.8 Å². The van der Waals surface area contributed by atoms with Crippen molar-refractivity contribution in [2.75, 3.05) is 24.6 Å². The van der Waals surface area contributed by atoms with Gasteiger partial charge in [0.15, 0.2) is 0 Å². The maximum atomic E-state index is 12.6. The van der Waals surface area contributed by atoms with Crippen LogP contribution in [0.25, 0.3) is 11.1 Å². The second-order valence-corrected chi connectivity index (χ2v) is 10.1. The molecule has 5 heterocycles. The zero-order valence-electron chi connectivity index (χ0n) is 19.8. The first kappa shape index (κ1) is 21.9. The van der Waals surface area contributed by atoms with E-state index < -0.39 is 12.0 Å². The van der Waals surface area contributed by atoms with Crippen LogP contribution in [0.15, 0.2) is 48.9 Å². The number of ether oxygens (including phenoxy) is 1. The van der Waals surface area contributed by atoms with Crippen molar-refractivity contribution in [3.63, 3.8) is 0 Å². The van der Waals surface area contributed by atoms with Crippen LogP contribution in [0.5, 0.6) is 0 Å². The van der Waals surface area contributed by atoms with E-state index in [2.05, 4.69) is 27.4 Å². The number of amides is 2. The number of pyridine rings is 1. The van der Waals surface area contributed by atoms with E-state index in [9.17, 15) is 14.9 Å². The van der Waals surface area contributed by atoms with Gasteiger partial charge in [0.2, 0.25) is 5.91 Å². The Morgan fingerprint density at radius 3 is 2.70 bits per heavy atom. The summed E-state index contributed by atoms with van der Waals surface area (Å²) in [5.41, 5.74) is 3.90. The third kappa shape index (κ3) is 3.12. The van der Waals surface area contributed by atoms with Crippen LogP contribution in [0.2, 0.25) is 0 Å². The Balaban J connectivity index is 1.10. The van der Waals surface area contributed by atoms with E-state index in [1.165, 1.54) is 0 Å². The lowest BCUT2D eigenvalue weighted by Crippen LogP contribution is -2.36. The first-order chi connectivity index (χ1) is 18.0. The maximum absolute atomic E-state index is 12.6. The molecule has 0 radical (unpaired) electrons. The van der Waals surface area contributed by atoms with Crippen molar-refractivity contribution in [3.05, 3.63) is 60.2 Å². The number of piperidine rings is 1. The van der Waals surface area contributed by atoms with Gasteiger partial charge in [0.05, 0.1) is 36.2 Å². The molecule has 3 aliphatic heterocycles. The number of aromatic nitrogens is 4. The van der Waals surface area contributed by atoms with E-state index >= 15 is 0 Å². The number of hydrogen-bond donors (Lipinski definition) is 1. The van der Waals surface area contributed by atoms with E-state index in [1.54, 1.807) is 33.1 Å². The van der Waals surface area contributed by atoms with Gasteiger partial charge < -0.3 is 14.7 Å². The Hall–Kier alpha value is -4.30. The molecule has 1 saturated carbocycles. The summed E-state index contributed by atoms with van der Waals surface area (Å²) in [4.78, 5) is 32.5. The highest BCUT2D eigenvalue weighted by molar-refractivity contribution is 5.94. The number of rotatable bonds is 5. The highest BCUT2D eigenvalue weighted by atomic mass is 16.6. The smallest absolute Gasteiger partial charge is 0.415 e. The summed E-state index contributed by atoms with van der Waals surface area (Å²) < 4.78 is 7.29. The maximum Gasteiger partial charge on any atom is 0.415 e. The fraction of sp³-hybridized carbons (Fsp3) is 0.385. The summed E-state index contributed by atoms with van der Waals surface area (Å²) in [6, 6.07) is 12.3. The molecule has 11 heteroatoms. The number of nitriles is 1. The van der Waals surface area contributed by atoms with Crippen LogP contribution in [0.3, 0.4) is 0 Å². The number of carbonyl (C=O) groups is 2. The van der Waals surface area contributed by atoms with Crippen molar-refractivity contribution in [1.82, 2.24) is 24.9 Å². The molecule has 186 valence electrons. The highest BCUT2D eigenvalue weighted by Gasteiger charge is 2.71. The second-order valence-electron chi connectivity index (χ2n) is 10.1. The molecule has 2 saturated heterocycles. The molecule has 37 heavy (non-hydrogen) atoms. The van der Waals surface area contributed by atoms with Crippen LogP contribution in [0.4, 0.5) is 10.5 Å². The number of nitrogens with zero attached hydrogens (tertiary/aromatic N) is 7. The van der Waals surface area contributed by atoms with Gasteiger partial charge in [-0.15, -0.1) is 5.10 Å². The Bertz CT molecular complexity index is 1440. The largest absolute Gasteiger partial charge is 0.442 e. The lowest BCUT2D eigenvalue weighted by Gasteiger charge is -2.22. The van der Waals surface area contributed by atoms with Gasteiger partial charge in [-0.05, 0) is 35.7 Å². The standard InChI is InChI=1S/C26H23N7O4/c27-14-26(18-10-31(11-19(18)26)24(35)13-34)23-4-2-16(9-28-23)15-1-3-20-17(7-15)8-21-22(37-25(36)33(20)21)12-32-6-5-29-30-32/h1-7,9,18-19,21-22,34H,8,10-13H2/t18-,19+,21-,22-,26+/m0/s1. The SMILES string of the molecule is N#C[C@]1(c2ccc(-c3ccc4c(c3)C[C@H]3[C@H](Cn5ccnn5)OC(=O)N43)cn2)[C@@H]2CN(C(=O)CO)C[C@@H]21. The summed E-state index contributed by atoms with van der Waals surface area (Å²) >= 11 is 0. The van der Waals surface area contributed by atoms with Crippen molar-refractivity contribution in [1.29, 1.82) is 5.26 Å². The molecule has 0 spiro atoms. The molecular weight excluding hydrogens is 474 g/mol. The van der Waals surface area contributed by atoms with Crippen LogP contribution in [-0.2, 0) is 27.9 Å². The predicted molar refractivity (Wildman–Crippen MR) is 128 cm³/mol. The fourth-order valence-electron chi connectivity index (χ4n) is 6.47. The van der Waals surface area contributed by atoms with E-state index in [0.717, 1.165) is 28.1 Å². The number of likely N-dealkylation sites (tertiary alicyclic amines) is 1. The molecular formula is C26H23N7O4. The Morgan fingerprint density at radius 2 is 2.03 bits per heavy atom. The third-order valence-corrected chi connectivity index (χ3v) is 8.39. The van der Waals surface area contributed by atoms with Crippen molar-refractivity contribution >= 4 is 17.7 Å². The molecule has 11 nitrogen and oxygen atoms in total. The minimum absolute atomic E-state index is 0.0463. The Morgan fingerprint density at radius 1 is 1.22 bits per heavy atom. The second kappa shape index (κ2) is 7.85. The monoisotopic (exact) mass is 497 g/mol. The highest BCUT2D eigenvalue weighted by Crippen LogP contribution is 2.62. The molecule has 2 amide bonds. The first-order valence-corrected chi connectivity index (χ1v) is 12.3. The van der Waals surface area contributed by atoms with E-state index in [1.807, 2.05) is 24.3 Å². The molecule has 2 aromatic heterocycles. The van der Waals surface area contributed by atoms with Gasteiger partial charge in [-0.2, -0.15) is 5.26 Å². The van der Waals surface area contributed by atoms with Gasteiger partial charge in [-0.25, -0.2) is 9.48 Å². The lowest BCUT2D eigenvalue weighted by atomic mass is 9.95. The molecule has 3 fully saturated rings. The fourth-order valence-corrected chi connectivity index (χ4v) is 6.47. The quantitative estimate of drug-likeness (QED) is 0.554. The molecule has 1 aliphatic carbocycles. The van der Waals surface area contributed by atoms with Crippen LogP contribution in [-0.4, -0.2) is 73.8 Å². The number of fused-ring (bicyclic) bond motifs is 4. The lowest BCUT2D eigenvalue weighted by molar-refractivity contribution is -0.133. The first-order valence-electron chi connectivity index (χ1n) is 12.3. The molecule has 0 unspecified atom stereocenters. The van der Waals surface area contributed by atoms with E-state index in [0.29, 0.717) is 26.1 Å². The van der Waals surface area contributed by atoms with Crippen LogP contribution in [0.1, 0.15) is 11.3 Å².